The van der Waals surface area contributed by atoms with Crippen LogP contribution in [0.5, 0.6) is 0 Å². The maximum absolute atomic E-state index is 13.6. The van der Waals surface area contributed by atoms with Crippen molar-refractivity contribution in [2.24, 2.45) is 5.92 Å². The van der Waals surface area contributed by atoms with Crippen LogP contribution in [0.3, 0.4) is 0 Å². The molecule has 166 valence electrons. The number of benzene rings is 1. The van der Waals surface area contributed by atoms with E-state index in [1.54, 1.807) is 6.33 Å². The van der Waals surface area contributed by atoms with Crippen LogP contribution in [0.1, 0.15) is 49.9 Å². The molecule has 3 aliphatic heterocycles. The third-order valence-corrected chi connectivity index (χ3v) is 7.32. The van der Waals surface area contributed by atoms with Crippen molar-refractivity contribution in [3.63, 3.8) is 0 Å². The van der Waals surface area contributed by atoms with Crippen molar-refractivity contribution in [1.82, 2.24) is 19.5 Å². The van der Waals surface area contributed by atoms with Crippen molar-refractivity contribution in [3.8, 4) is 0 Å². The summed E-state index contributed by atoms with van der Waals surface area (Å²) < 4.78 is 2.28. The number of anilines is 2. The fraction of sp³-hybridized carbons (Fsp3) is 0.520. The molecule has 0 saturated carbocycles. The molecule has 1 aromatic carbocycles. The number of imidazole rings is 1. The highest BCUT2D eigenvalue weighted by molar-refractivity contribution is 5.97. The van der Waals surface area contributed by atoms with Crippen LogP contribution in [-0.4, -0.2) is 45.1 Å². The molecule has 0 aliphatic carbocycles. The second kappa shape index (κ2) is 8.19. The Morgan fingerprint density at radius 3 is 2.84 bits per heavy atom. The zero-order valence-corrected chi connectivity index (χ0v) is 18.5. The zero-order chi connectivity index (χ0) is 21.5. The van der Waals surface area contributed by atoms with Gasteiger partial charge in [-0.3, -0.25) is 4.79 Å². The molecule has 0 radical (unpaired) electrons. The third kappa shape index (κ3) is 3.34. The van der Waals surface area contributed by atoms with Gasteiger partial charge in [-0.15, -0.1) is 0 Å². The SMILES string of the molecule is O=C(C1CCCN(c2ncnc3c2nc2n3CCCCC2)C1)N1CCCc2ccccc21. The Kier molecular flexibility index (Phi) is 5.04. The molecule has 6 rings (SSSR count). The Morgan fingerprint density at radius 2 is 1.88 bits per heavy atom. The Labute approximate surface area is 188 Å². The largest absolute Gasteiger partial charge is 0.354 e. The first-order valence-corrected chi connectivity index (χ1v) is 12.1. The average molecular weight is 431 g/mol. The number of rotatable bonds is 2. The van der Waals surface area contributed by atoms with E-state index < -0.39 is 0 Å². The van der Waals surface area contributed by atoms with Gasteiger partial charge >= 0.3 is 0 Å². The Balaban J connectivity index is 1.28. The number of hydrogen-bond acceptors (Lipinski definition) is 5. The van der Waals surface area contributed by atoms with Crippen LogP contribution in [0, 0.1) is 5.92 Å². The van der Waals surface area contributed by atoms with Gasteiger partial charge in [0.25, 0.3) is 0 Å². The molecule has 1 amide bonds. The summed E-state index contributed by atoms with van der Waals surface area (Å²) in [6, 6.07) is 8.36. The van der Waals surface area contributed by atoms with E-state index in [9.17, 15) is 4.79 Å². The maximum Gasteiger partial charge on any atom is 0.231 e. The van der Waals surface area contributed by atoms with Gasteiger partial charge in [-0.05, 0) is 50.2 Å². The van der Waals surface area contributed by atoms with Crippen molar-refractivity contribution in [2.75, 3.05) is 29.4 Å². The van der Waals surface area contributed by atoms with Crippen LogP contribution in [0.4, 0.5) is 11.5 Å². The molecule has 1 saturated heterocycles. The number of piperidine rings is 1. The molecule has 1 atom stereocenters. The van der Waals surface area contributed by atoms with E-state index in [-0.39, 0.29) is 11.8 Å². The van der Waals surface area contributed by atoms with Gasteiger partial charge in [0, 0.05) is 38.3 Å². The highest BCUT2D eigenvalue weighted by atomic mass is 16.2. The first kappa shape index (κ1) is 19.7. The van der Waals surface area contributed by atoms with Crippen LogP contribution >= 0.6 is 0 Å². The van der Waals surface area contributed by atoms with Crippen molar-refractivity contribution in [1.29, 1.82) is 0 Å². The fourth-order valence-electron chi connectivity index (χ4n) is 5.71. The van der Waals surface area contributed by atoms with Gasteiger partial charge < -0.3 is 14.4 Å². The minimum Gasteiger partial charge on any atom is -0.354 e. The Morgan fingerprint density at radius 1 is 0.938 bits per heavy atom. The number of para-hydroxylation sites is 1. The Hall–Kier alpha value is -2.96. The standard InChI is InChI=1S/C25H30N6O/c32-25(30-15-7-9-18-8-3-4-11-20(18)30)19-10-6-13-29(16-19)23-22-24(27-17-26-23)31-14-5-1-2-12-21(31)28-22/h3-4,8,11,17,19H,1-2,5-7,9-10,12-16H2. The van der Waals surface area contributed by atoms with E-state index in [0.717, 1.165) is 80.2 Å². The fourth-order valence-corrected chi connectivity index (χ4v) is 5.71. The number of carbonyl (C=O) groups excluding carboxylic acids is 1. The van der Waals surface area contributed by atoms with Gasteiger partial charge in [0.15, 0.2) is 17.0 Å². The minimum absolute atomic E-state index is 0.0136. The number of amides is 1. The van der Waals surface area contributed by atoms with Crippen LogP contribution in [-0.2, 0) is 24.2 Å². The molecule has 1 unspecified atom stereocenters. The smallest absolute Gasteiger partial charge is 0.231 e. The van der Waals surface area contributed by atoms with Crippen molar-refractivity contribution >= 4 is 28.6 Å². The second-order valence-electron chi connectivity index (χ2n) is 9.37. The topological polar surface area (TPSA) is 67.2 Å². The summed E-state index contributed by atoms with van der Waals surface area (Å²) in [4.78, 5) is 32.1. The van der Waals surface area contributed by atoms with E-state index >= 15 is 0 Å². The molecule has 7 nitrogen and oxygen atoms in total. The predicted molar refractivity (Wildman–Crippen MR) is 125 cm³/mol. The molecule has 3 aromatic rings. The number of hydrogen-bond donors (Lipinski definition) is 0. The monoisotopic (exact) mass is 430 g/mol. The Bertz CT molecular complexity index is 1150. The summed E-state index contributed by atoms with van der Waals surface area (Å²) >= 11 is 0. The van der Waals surface area contributed by atoms with Crippen LogP contribution in [0.15, 0.2) is 30.6 Å². The third-order valence-electron chi connectivity index (χ3n) is 7.32. The van der Waals surface area contributed by atoms with Crippen molar-refractivity contribution in [3.05, 3.63) is 42.0 Å². The van der Waals surface area contributed by atoms with Gasteiger partial charge in [-0.25, -0.2) is 15.0 Å². The lowest BCUT2D eigenvalue weighted by atomic mass is 9.94. The van der Waals surface area contributed by atoms with Crippen LogP contribution in [0.2, 0.25) is 0 Å². The van der Waals surface area contributed by atoms with E-state index in [2.05, 4.69) is 37.6 Å². The molecule has 5 heterocycles. The van der Waals surface area contributed by atoms with Crippen molar-refractivity contribution < 1.29 is 4.79 Å². The molecule has 0 N–H and O–H groups in total. The molecule has 32 heavy (non-hydrogen) atoms. The first-order chi connectivity index (χ1) is 15.8. The summed E-state index contributed by atoms with van der Waals surface area (Å²) in [5, 5.41) is 0. The summed E-state index contributed by atoms with van der Waals surface area (Å²) in [5.74, 6) is 2.27. The number of nitrogens with zero attached hydrogens (tertiary/aromatic N) is 6. The van der Waals surface area contributed by atoms with Gasteiger partial charge in [0.05, 0.1) is 5.92 Å². The molecule has 2 aromatic heterocycles. The van der Waals surface area contributed by atoms with E-state index in [1.165, 1.54) is 24.8 Å². The maximum atomic E-state index is 13.6. The van der Waals surface area contributed by atoms with Crippen molar-refractivity contribution in [2.45, 2.75) is 57.9 Å². The lowest BCUT2D eigenvalue weighted by molar-refractivity contribution is -0.122. The molecule has 0 spiro atoms. The molecule has 0 bridgehead atoms. The minimum atomic E-state index is -0.0136. The first-order valence-electron chi connectivity index (χ1n) is 12.1. The highest BCUT2D eigenvalue weighted by Gasteiger charge is 2.33. The summed E-state index contributed by atoms with van der Waals surface area (Å²) in [5.41, 5.74) is 4.24. The molecule has 3 aliphatic rings. The molecule has 7 heteroatoms. The normalized spacial score (nSPS) is 21.2. The van der Waals surface area contributed by atoms with E-state index in [0.29, 0.717) is 6.54 Å². The quantitative estimate of drug-likeness (QED) is 0.619. The number of aromatic nitrogens is 4. The van der Waals surface area contributed by atoms with Gasteiger partial charge in [0.1, 0.15) is 12.2 Å². The number of carbonyl (C=O) groups is 1. The molecular weight excluding hydrogens is 400 g/mol. The van der Waals surface area contributed by atoms with Crippen LogP contribution in [0.25, 0.3) is 11.2 Å². The van der Waals surface area contributed by atoms with Gasteiger partial charge in [0.2, 0.25) is 5.91 Å². The van der Waals surface area contributed by atoms with E-state index in [1.807, 2.05) is 11.0 Å². The summed E-state index contributed by atoms with van der Waals surface area (Å²) in [6.45, 7) is 3.41. The van der Waals surface area contributed by atoms with E-state index in [4.69, 9.17) is 4.98 Å². The second-order valence-corrected chi connectivity index (χ2v) is 9.37. The molecular formula is C25H30N6O. The lowest BCUT2D eigenvalue weighted by Crippen LogP contribution is -2.46. The lowest BCUT2D eigenvalue weighted by Gasteiger charge is -2.37. The average Bonchev–Trinajstić information content (AvgIpc) is 3.04. The summed E-state index contributed by atoms with van der Waals surface area (Å²) in [6.07, 6.45) is 10.3. The van der Waals surface area contributed by atoms with Crippen LogP contribution < -0.4 is 9.80 Å². The summed E-state index contributed by atoms with van der Waals surface area (Å²) in [7, 11) is 0. The zero-order valence-electron chi connectivity index (χ0n) is 18.5. The number of aryl methyl sites for hydroxylation is 3. The number of fused-ring (bicyclic) bond motifs is 4. The predicted octanol–water partition coefficient (Wildman–Crippen LogP) is 3.75. The van der Waals surface area contributed by atoms with Gasteiger partial charge in [-0.2, -0.15) is 0 Å². The highest BCUT2D eigenvalue weighted by Crippen LogP contribution is 2.32. The van der Waals surface area contributed by atoms with Gasteiger partial charge in [-0.1, -0.05) is 24.6 Å². The molecule has 1 fully saturated rings.